The van der Waals surface area contributed by atoms with Crippen LogP contribution in [0, 0.1) is 5.92 Å². The van der Waals surface area contributed by atoms with E-state index in [9.17, 15) is 9.59 Å². The summed E-state index contributed by atoms with van der Waals surface area (Å²) in [5, 5.41) is 0. The summed E-state index contributed by atoms with van der Waals surface area (Å²) in [6, 6.07) is 3.83. The van der Waals surface area contributed by atoms with Gasteiger partial charge in [-0.15, -0.1) is 6.58 Å². The first kappa shape index (κ1) is 19.9. The van der Waals surface area contributed by atoms with Crippen molar-refractivity contribution >= 4 is 17.6 Å². The van der Waals surface area contributed by atoms with E-state index in [1.54, 1.807) is 24.5 Å². The molecule has 1 aliphatic rings. The van der Waals surface area contributed by atoms with Gasteiger partial charge in [0.15, 0.2) is 11.6 Å². The minimum atomic E-state index is -0.0546. The first-order valence-electron chi connectivity index (χ1n) is 8.92. The van der Waals surface area contributed by atoms with E-state index in [0.29, 0.717) is 38.0 Å². The van der Waals surface area contributed by atoms with Crippen molar-refractivity contribution in [2.75, 3.05) is 13.2 Å². The number of ketones is 2. The lowest BCUT2D eigenvalue weighted by atomic mass is 9.79. The fourth-order valence-electron chi connectivity index (χ4n) is 2.90. The van der Waals surface area contributed by atoms with Crippen molar-refractivity contribution in [1.29, 1.82) is 0 Å². The molecule has 1 N–H and O–H groups in total. The molecular weight excluding hydrogens is 328 g/mol. The van der Waals surface area contributed by atoms with Gasteiger partial charge in [0.25, 0.3) is 0 Å². The number of hydroxylamine groups is 1. The van der Waals surface area contributed by atoms with E-state index >= 15 is 0 Å². The average Bonchev–Trinajstić information content (AvgIpc) is 2.63. The Morgan fingerprint density at radius 3 is 2.81 bits per heavy atom. The van der Waals surface area contributed by atoms with Crippen LogP contribution >= 0.6 is 0 Å². The largest absolute Gasteiger partial charge is 0.298 e. The number of rotatable bonds is 9. The lowest BCUT2D eigenvalue weighted by Crippen LogP contribution is -2.26. The van der Waals surface area contributed by atoms with Crippen molar-refractivity contribution < 1.29 is 14.4 Å². The smallest absolute Gasteiger partial charge is 0.166 e. The van der Waals surface area contributed by atoms with Crippen LogP contribution in [-0.4, -0.2) is 29.7 Å². The Morgan fingerprint density at radius 1 is 1.38 bits per heavy atom. The fourth-order valence-corrected chi connectivity index (χ4v) is 2.90. The van der Waals surface area contributed by atoms with Crippen LogP contribution in [0.4, 0.5) is 0 Å². The molecule has 1 fully saturated rings. The molecule has 5 nitrogen and oxygen atoms in total. The summed E-state index contributed by atoms with van der Waals surface area (Å²) in [5.41, 5.74) is 5.20. The zero-order chi connectivity index (χ0) is 18.8. The molecule has 0 spiro atoms. The molecule has 2 rings (SSSR count). The van der Waals surface area contributed by atoms with Crippen LogP contribution in [0.15, 0.2) is 54.4 Å². The number of Topliss-reactive ketones (excluding diaryl/α,β-unsaturated/α-hetero) is 2. The maximum absolute atomic E-state index is 12.4. The number of carbonyl (C=O) groups is 2. The minimum Gasteiger partial charge on any atom is -0.298 e. The van der Waals surface area contributed by atoms with Gasteiger partial charge in [-0.3, -0.25) is 19.4 Å². The number of nitrogens with zero attached hydrogens (tertiary/aromatic N) is 1. The van der Waals surface area contributed by atoms with E-state index in [-0.39, 0.29) is 17.5 Å². The fraction of sp³-hybridized carbons (Fsp3) is 0.381. The zero-order valence-electron chi connectivity index (χ0n) is 15.2. The SMILES string of the molecule is C=CCONCCCC=C1C(=O)CC(C(C)=Cc2cccnc2)CC1=O. The first-order valence-corrected chi connectivity index (χ1v) is 8.92. The summed E-state index contributed by atoms with van der Waals surface area (Å²) < 4.78 is 0. The van der Waals surface area contributed by atoms with Crippen LogP contribution in [0.1, 0.15) is 38.2 Å². The van der Waals surface area contributed by atoms with Gasteiger partial charge in [-0.05, 0) is 37.3 Å². The average molecular weight is 354 g/mol. The number of hydrogen-bond donors (Lipinski definition) is 1. The van der Waals surface area contributed by atoms with E-state index in [4.69, 9.17) is 4.84 Å². The van der Waals surface area contributed by atoms with E-state index in [2.05, 4.69) is 17.0 Å². The molecule has 0 aliphatic heterocycles. The summed E-state index contributed by atoms with van der Waals surface area (Å²) in [6.45, 7) is 6.64. The van der Waals surface area contributed by atoms with Gasteiger partial charge in [0, 0.05) is 31.8 Å². The Kier molecular flexibility index (Phi) is 8.12. The normalized spacial score (nSPS) is 18.1. The lowest BCUT2D eigenvalue weighted by molar-refractivity contribution is -0.125. The molecule has 0 amide bonds. The summed E-state index contributed by atoms with van der Waals surface area (Å²) in [7, 11) is 0. The number of unbranched alkanes of at least 4 members (excludes halogenated alkanes) is 1. The topological polar surface area (TPSA) is 68.3 Å². The van der Waals surface area contributed by atoms with Crippen molar-refractivity contribution in [3.8, 4) is 0 Å². The predicted molar refractivity (Wildman–Crippen MR) is 102 cm³/mol. The van der Waals surface area contributed by atoms with Crippen LogP contribution in [0.5, 0.6) is 0 Å². The number of hydrogen-bond acceptors (Lipinski definition) is 5. The predicted octanol–water partition coefficient (Wildman–Crippen LogP) is 3.45. The van der Waals surface area contributed by atoms with E-state index in [0.717, 1.165) is 17.6 Å². The molecule has 0 saturated heterocycles. The summed E-state index contributed by atoms with van der Waals surface area (Å²) in [4.78, 5) is 34.0. The van der Waals surface area contributed by atoms with Crippen LogP contribution in [0.25, 0.3) is 6.08 Å². The summed E-state index contributed by atoms with van der Waals surface area (Å²) in [6.07, 6.45) is 11.2. The highest BCUT2D eigenvalue weighted by atomic mass is 16.6. The minimum absolute atomic E-state index is 0.0265. The van der Waals surface area contributed by atoms with Gasteiger partial charge in [0.05, 0.1) is 12.2 Å². The van der Waals surface area contributed by atoms with Gasteiger partial charge >= 0.3 is 0 Å². The van der Waals surface area contributed by atoms with Crippen molar-refractivity contribution in [2.45, 2.75) is 32.6 Å². The second-order valence-electron chi connectivity index (χ2n) is 6.38. The Labute approximate surface area is 154 Å². The molecule has 26 heavy (non-hydrogen) atoms. The van der Waals surface area contributed by atoms with Gasteiger partial charge in [-0.1, -0.05) is 29.9 Å². The van der Waals surface area contributed by atoms with Crippen LogP contribution in [0.2, 0.25) is 0 Å². The van der Waals surface area contributed by atoms with Gasteiger partial charge in [0.2, 0.25) is 0 Å². The number of carbonyl (C=O) groups excluding carboxylic acids is 2. The first-order chi connectivity index (χ1) is 12.6. The lowest BCUT2D eigenvalue weighted by Gasteiger charge is -2.23. The molecule has 0 bridgehead atoms. The maximum atomic E-state index is 12.4. The molecule has 0 aromatic carbocycles. The molecule has 138 valence electrons. The van der Waals surface area contributed by atoms with Crippen LogP contribution < -0.4 is 5.48 Å². The van der Waals surface area contributed by atoms with Crippen molar-refractivity contribution in [3.05, 3.63) is 60.0 Å². The quantitative estimate of drug-likeness (QED) is 0.242. The number of allylic oxidation sites excluding steroid dienone is 3. The molecule has 0 unspecified atom stereocenters. The monoisotopic (exact) mass is 354 g/mol. The van der Waals surface area contributed by atoms with Crippen LogP contribution in [-0.2, 0) is 14.4 Å². The Morgan fingerprint density at radius 2 is 2.15 bits per heavy atom. The molecule has 1 saturated carbocycles. The standard InChI is InChI=1S/C21H26N2O3/c1-3-11-26-23-10-5-4-8-19-20(24)13-18(14-21(19)25)16(2)12-17-7-6-9-22-15-17/h3,6-9,12,15,18,23H,1,4-5,10-11,13-14H2,2H3. The van der Waals surface area contributed by atoms with Gasteiger partial charge in [-0.25, -0.2) is 5.48 Å². The molecular formula is C21H26N2O3. The number of aromatic nitrogens is 1. The van der Waals surface area contributed by atoms with Crippen molar-refractivity contribution in [2.24, 2.45) is 5.92 Å². The Balaban J connectivity index is 1.87. The molecule has 5 heteroatoms. The molecule has 1 heterocycles. The zero-order valence-corrected chi connectivity index (χ0v) is 15.2. The number of pyridine rings is 1. The van der Waals surface area contributed by atoms with Gasteiger partial charge in [0.1, 0.15) is 0 Å². The Bertz CT molecular complexity index is 672. The van der Waals surface area contributed by atoms with Crippen molar-refractivity contribution in [1.82, 2.24) is 10.5 Å². The van der Waals surface area contributed by atoms with Gasteiger partial charge < -0.3 is 0 Å². The summed E-state index contributed by atoms with van der Waals surface area (Å²) >= 11 is 0. The molecule has 1 aliphatic carbocycles. The summed E-state index contributed by atoms with van der Waals surface area (Å²) in [5.74, 6) is -0.136. The highest BCUT2D eigenvalue weighted by molar-refractivity contribution is 6.22. The maximum Gasteiger partial charge on any atom is 0.166 e. The third kappa shape index (κ3) is 6.17. The van der Waals surface area contributed by atoms with E-state index < -0.39 is 0 Å². The van der Waals surface area contributed by atoms with Gasteiger partial charge in [-0.2, -0.15) is 0 Å². The van der Waals surface area contributed by atoms with E-state index in [1.807, 2.05) is 25.1 Å². The van der Waals surface area contributed by atoms with E-state index in [1.165, 1.54) is 0 Å². The third-order valence-corrected chi connectivity index (χ3v) is 4.32. The number of nitrogens with one attached hydrogen (secondary N) is 1. The molecule has 0 atom stereocenters. The second-order valence-corrected chi connectivity index (χ2v) is 6.38. The highest BCUT2D eigenvalue weighted by Gasteiger charge is 2.30. The third-order valence-electron chi connectivity index (χ3n) is 4.32. The van der Waals surface area contributed by atoms with Crippen molar-refractivity contribution in [3.63, 3.8) is 0 Å². The Hall–Kier alpha value is -2.37. The van der Waals surface area contributed by atoms with Crippen LogP contribution in [0.3, 0.4) is 0 Å². The highest BCUT2D eigenvalue weighted by Crippen LogP contribution is 2.29. The molecule has 1 aromatic rings. The second kappa shape index (κ2) is 10.6. The molecule has 0 radical (unpaired) electrons. The molecule has 1 aromatic heterocycles.